The van der Waals surface area contributed by atoms with Crippen LogP contribution in [0.3, 0.4) is 0 Å². The summed E-state index contributed by atoms with van der Waals surface area (Å²) in [4.78, 5) is 0. The van der Waals surface area contributed by atoms with Crippen LogP contribution in [0.15, 0.2) is 4.47 Å². The third-order valence-corrected chi connectivity index (χ3v) is 3.50. The van der Waals surface area contributed by atoms with Gasteiger partial charge in [0.15, 0.2) is 5.69 Å². The van der Waals surface area contributed by atoms with E-state index in [0.717, 1.165) is 29.4 Å². The van der Waals surface area contributed by atoms with Gasteiger partial charge in [-0.15, -0.1) is 11.6 Å². The van der Waals surface area contributed by atoms with Crippen LogP contribution in [0, 0.1) is 11.3 Å². The highest BCUT2D eigenvalue weighted by atomic mass is 79.9. The normalized spacial score (nSPS) is 10.5. The molecule has 94 valence electrons. The molecule has 0 fully saturated rings. The molecule has 1 aromatic heterocycles. The number of halogens is 2. The van der Waals surface area contributed by atoms with Gasteiger partial charge in [-0.25, -0.2) is 0 Å². The minimum Gasteiger partial charge on any atom is -0.383 e. The molecule has 0 saturated carbocycles. The van der Waals surface area contributed by atoms with E-state index in [1.165, 1.54) is 0 Å². The number of nitrogens with zero attached hydrogens (tertiary/aromatic N) is 3. The first-order valence-electron chi connectivity index (χ1n) is 5.44. The van der Waals surface area contributed by atoms with Gasteiger partial charge in [-0.2, -0.15) is 10.4 Å². The maximum Gasteiger partial charge on any atom is 0.176 e. The summed E-state index contributed by atoms with van der Waals surface area (Å²) in [6.45, 7) is 1.24. The van der Waals surface area contributed by atoms with Gasteiger partial charge in [-0.3, -0.25) is 4.68 Å². The molecule has 0 atom stereocenters. The first-order chi connectivity index (χ1) is 8.24. The fraction of sp³-hybridized carbons (Fsp3) is 0.636. The second kappa shape index (κ2) is 7.70. The Morgan fingerprint density at radius 2 is 2.29 bits per heavy atom. The van der Waals surface area contributed by atoms with Gasteiger partial charge in [0.25, 0.3) is 0 Å². The molecule has 0 N–H and O–H groups in total. The van der Waals surface area contributed by atoms with Crippen LogP contribution in [-0.2, 0) is 17.7 Å². The topological polar surface area (TPSA) is 50.8 Å². The van der Waals surface area contributed by atoms with Crippen molar-refractivity contribution in [3.8, 4) is 6.07 Å². The van der Waals surface area contributed by atoms with Gasteiger partial charge in [0, 0.05) is 13.0 Å². The Morgan fingerprint density at radius 1 is 1.53 bits per heavy atom. The van der Waals surface area contributed by atoms with Gasteiger partial charge >= 0.3 is 0 Å². The van der Waals surface area contributed by atoms with Crippen LogP contribution in [0.5, 0.6) is 0 Å². The van der Waals surface area contributed by atoms with Gasteiger partial charge in [0.2, 0.25) is 0 Å². The number of alkyl halides is 1. The van der Waals surface area contributed by atoms with Gasteiger partial charge in [0.05, 0.1) is 23.3 Å². The van der Waals surface area contributed by atoms with Crippen molar-refractivity contribution in [3.63, 3.8) is 0 Å². The van der Waals surface area contributed by atoms with Crippen molar-refractivity contribution in [2.75, 3.05) is 19.6 Å². The summed E-state index contributed by atoms with van der Waals surface area (Å²) in [5, 5.41) is 13.2. The quantitative estimate of drug-likeness (QED) is 0.573. The van der Waals surface area contributed by atoms with Crippen LogP contribution in [0.2, 0.25) is 0 Å². The van der Waals surface area contributed by atoms with Crippen LogP contribution in [0.4, 0.5) is 0 Å². The lowest BCUT2D eigenvalue weighted by atomic mass is 10.2. The number of hydrogen-bond acceptors (Lipinski definition) is 3. The standard InChI is InChI=1S/C11H15BrClN3O/c1-17-7-6-16-10(4-2-3-5-13)11(12)9(8-14)15-16/h2-7H2,1H3. The summed E-state index contributed by atoms with van der Waals surface area (Å²) in [6, 6.07) is 2.08. The lowest BCUT2D eigenvalue weighted by molar-refractivity contribution is 0.182. The van der Waals surface area contributed by atoms with Crippen LogP contribution < -0.4 is 0 Å². The summed E-state index contributed by atoms with van der Waals surface area (Å²) in [5.41, 5.74) is 1.48. The number of ether oxygens (including phenoxy) is 1. The highest BCUT2D eigenvalue weighted by molar-refractivity contribution is 9.10. The summed E-state index contributed by atoms with van der Waals surface area (Å²) in [6.07, 6.45) is 2.82. The zero-order chi connectivity index (χ0) is 12.7. The Morgan fingerprint density at radius 3 is 2.88 bits per heavy atom. The SMILES string of the molecule is COCCn1nc(C#N)c(Br)c1CCCCCl. The molecular weight excluding hydrogens is 305 g/mol. The number of unbranched alkanes of at least 4 members (excludes halogenated alkanes) is 1. The molecule has 0 amide bonds. The number of nitriles is 1. The second-order valence-electron chi connectivity index (χ2n) is 3.58. The third kappa shape index (κ3) is 3.98. The Labute approximate surface area is 115 Å². The molecule has 1 heterocycles. The molecule has 6 heteroatoms. The van der Waals surface area contributed by atoms with Crippen molar-refractivity contribution in [2.24, 2.45) is 0 Å². The molecular formula is C11H15BrClN3O. The highest BCUT2D eigenvalue weighted by Gasteiger charge is 2.14. The molecule has 1 rings (SSSR count). The molecule has 0 unspecified atom stereocenters. The van der Waals surface area contributed by atoms with Gasteiger partial charge in [-0.05, 0) is 35.2 Å². The predicted molar refractivity (Wildman–Crippen MR) is 70.2 cm³/mol. The van der Waals surface area contributed by atoms with E-state index in [9.17, 15) is 0 Å². The smallest absolute Gasteiger partial charge is 0.176 e. The molecule has 0 aliphatic rings. The summed E-state index contributed by atoms with van der Waals surface area (Å²) < 4.78 is 7.66. The molecule has 1 aromatic rings. The lowest BCUT2D eigenvalue weighted by Crippen LogP contribution is -2.10. The van der Waals surface area contributed by atoms with Crippen LogP contribution >= 0.6 is 27.5 Å². The Balaban J connectivity index is 2.82. The molecule has 17 heavy (non-hydrogen) atoms. The number of methoxy groups -OCH3 is 1. The summed E-state index contributed by atoms with van der Waals surface area (Å²) in [5.74, 6) is 0.662. The molecule has 0 aliphatic carbocycles. The Kier molecular flexibility index (Phi) is 6.56. The molecule has 0 radical (unpaired) electrons. The van der Waals surface area contributed by atoms with Gasteiger partial charge < -0.3 is 4.74 Å². The van der Waals surface area contributed by atoms with Crippen molar-refractivity contribution in [1.82, 2.24) is 9.78 Å². The van der Waals surface area contributed by atoms with Crippen LogP contribution in [0.1, 0.15) is 24.2 Å². The first kappa shape index (κ1) is 14.5. The van der Waals surface area contributed by atoms with Crippen molar-refractivity contribution in [2.45, 2.75) is 25.8 Å². The van der Waals surface area contributed by atoms with E-state index in [1.807, 2.05) is 4.68 Å². The average Bonchev–Trinajstić information content (AvgIpc) is 2.64. The zero-order valence-corrected chi connectivity index (χ0v) is 12.1. The molecule has 0 spiro atoms. The average molecular weight is 321 g/mol. The Bertz CT molecular complexity index is 400. The van der Waals surface area contributed by atoms with E-state index in [2.05, 4.69) is 27.1 Å². The van der Waals surface area contributed by atoms with E-state index in [-0.39, 0.29) is 0 Å². The van der Waals surface area contributed by atoms with E-state index < -0.39 is 0 Å². The molecule has 0 aliphatic heterocycles. The summed E-state index contributed by atoms with van der Waals surface area (Å²) >= 11 is 9.08. The van der Waals surface area contributed by atoms with Gasteiger partial charge in [0.1, 0.15) is 6.07 Å². The van der Waals surface area contributed by atoms with E-state index in [0.29, 0.717) is 24.7 Å². The van der Waals surface area contributed by atoms with Crippen LogP contribution in [-0.4, -0.2) is 29.4 Å². The van der Waals surface area contributed by atoms with Crippen molar-refractivity contribution < 1.29 is 4.74 Å². The second-order valence-corrected chi connectivity index (χ2v) is 4.75. The van der Waals surface area contributed by atoms with Crippen molar-refractivity contribution in [1.29, 1.82) is 5.26 Å². The maximum absolute atomic E-state index is 8.95. The fourth-order valence-corrected chi connectivity index (χ4v) is 2.29. The summed E-state index contributed by atoms with van der Waals surface area (Å²) in [7, 11) is 1.65. The minimum atomic E-state index is 0.432. The van der Waals surface area contributed by atoms with E-state index in [4.69, 9.17) is 21.6 Å². The Hall–Kier alpha value is -0.570. The van der Waals surface area contributed by atoms with Crippen LogP contribution in [0.25, 0.3) is 0 Å². The fourth-order valence-electron chi connectivity index (χ4n) is 1.53. The number of aromatic nitrogens is 2. The third-order valence-electron chi connectivity index (χ3n) is 2.40. The van der Waals surface area contributed by atoms with E-state index in [1.54, 1.807) is 7.11 Å². The lowest BCUT2D eigenvalue weighted by Gasteiger charge is -2.06. The van der Waals surface area contributed by atoms with Crippen molar-refractivity contribution in [3.05, 3.63) is 15.9 Å². The van der Waals surface area contributed by atoms with Crippen molar-refractivity contribution >= 4 is 27.5 Å². The predicted octanol–water partition coefficient (Wildman–Crippen LogP) is 2.73. The van der Waals surface area contributed by atoms with E-state index >= 15 is 0 Å². The minimum absolute atomic E-state index is 0.432. The molecule has 0 bridgehead atoms. The monoisotopic (exact) mass is 319 g/mol. The largest absolute Gasteiger partial charge is 0.383 e. The first-order valence-corrected chi connectivity index (χ1v) is 6.77. The number of rotatable bonds is 7. The molecule has 0 aromatic carbocycles. The molecule has 0 saturated heterocycles. The maximum atomic E-state index is 8.95. The number of hydrogen-bond donors (Lipinski definition) is 0. The molecule has 4 nitrogen and oxygen atoms in total. The highest BCUT2D eigenvalue weighted by Crippen LogP contribution is 2.23. The van der Waals surface area contributed by atoms with Gasteiger partial charge in [-0.1, -0.05) is 0 Å². The zero-order valence-electron chi connectivity index (χ0n) is 9.75.